The maximum absolute atomic E-state index is 5.29. The first-order valence-corrected chi connectivity index (χ1v) is 5.60. The van der Waals surface area contributed by atoms with E-state index >= 15 is 0 Å². The summed E-state index contributed by atoms with van der Waals surface area (Å²) in [5, 5.41) is 0. The van der Waals surface area contributed by atoms with Crippen LogP contribution >= 0.6 is 0 Å². The Labute approximate surface area is 110 Å². The summed E-state index contributed by atoms with van der Waals surface area (Å²) in [5.41, 5.74) is 1.04. The summed E-state index contributed by atoms with van der Waals surface area (Å²) in [7, 11) is 4.84. The fourth-order valence-electron chi connectivity index (χ4n) is 1.50. The monoisotopic (exact) mass is 252 g/mol. The predicted octanol–water partition coefficient (Wildman–Crippen LogP) is 4.02. The molecule has 0 saturated carbocycles. The molecule has 0 amide bonds. The van der Waals surface area contributed by atoms with E-state index in [4.69, 9.17) is 14.2 Å². The van der Waals surface area contributed by atoms with Gasteiger partial charge in [-0.05, 0) is 23.6 Å². The van der Waals surface area contributed by atoms with Crippen molar-refractivity contribution in [3.63, 3.8) is 0 Å². The topological polar surface area (TPSA) is 27.7 Å². The van der Waals surface area contributed by atoms with Crippen molar-refractivity contribution in [2.24, 2.45) is 5.92 Å². The van der Waals surface area contributed by atoms with Crippen LogP contribution in [0.3, 0.4) is 0 Å². The van der Waals surface area contributed by atoms with Crippen molar-refractivity contribution in [2.45, 2.75) is 21.3 Å². The van der Waals surface area contributed by atoms with E-state index in [1.165, 1.54) is 0 Å². The van der Waals surface area contributed by atoms with Crippen LogP contribution in [0.25, 0.3) is 6.08 Å². The molecule has 1 aromatic rings. The molecule has 3 heteroatoms. The molecule has 0 N–H and O–H groups in total. The molecule has 0 fully saturated rings. The van der Waals surface area contributed by atoms with Crippen molar-refractivity contribution in [1.82, 2.24) is 0 Å². The van der Waals surface area contributed by atoms with Gasteiger partial charge in [0, 0.05) is 0 Å². The molecule has 0 unspecified atom stereocenters. The van der Waals surface area contributed by atoms with Crippen molar-refractivity contribution in [3.8, 4) is 17.2 Å². The van der Waals surface area contributed by atoms with E-state index in [9.17, 15) is 0 Å². The molecule has 0 spiro atoms. The highest BCUT2D eigenvalue weighted by Gasteiger charge is 2.11. The average molecular weight is 252 g/mol. The Balaban J connectivity index is 0.00000289. The van der Waals surface area contributed by atoms with E-state index in [1.54, 1.807) is 21.3 Å². The van der Waals surface area contributed by atoms with E-state index in [1.807, 2.05) is 12.1 Å². The van der Waals surface area contributed by atoms with Gasteiger partial charge in [0.25, 0.3) is 0 Å². The van der Waals surface area contributed by atoms with Crippen LogP contribution in [0, 0.1) is 5.92 Å². The Morgan fingerprint density at radius 1 is 0.944 bits per heavy atom. The molecule has 0 saturated heterocycles. The van der Waals surface area contributed by atoms with E-state index in [0.717, 1.165) is 5.56 Å². The first-order chi connectivity index (χ1) is 8.12. The van der Waals surface area contributed by atoms with Crippen LogP contribution in [-0.2, 0) is 0 Å². The van der Waals surface area contributed by atoms with E-state index in [-0.39, 0.29) is 7.43 Å². The molecule has 0 aliphatic heterocycles. The Morgan fingerprint density at radius 3 is 1.78 bits per heavy atom. The second kappa shape index (κ2) is 7.64. The van der Waals surface area contributed by atoms with Crippen LogP contribution in [-0.4, -0.2) is 21.3 Å². The van der Waals surface area contributed by atoms with E-state index in [0.29, 0.717) is 23.2 Å². The second-order valence-electron chi connectivity index (χ2n) is 4.06. The number of benzene rings is 1. The Bertz CT molecular complexity index is 370. The van der Waals surface area contributed by atoms with E-state index < -0.39 is 0 Å². The summed E-state index contributed by atoms with van der Waals surface area (Å²) in [5.74, 6) is 2.48. The molecule has 0 bridgehead atoms. The number of allylic oxidation sites excluding steroid dienone is 1. The molecule has 1 aromatic carbocycles. The normalized spacial score (nSPS) is 10.3. The fourth-order valence-corrected chi connectivity index (χ4v) is 1.50. The van der Waals surface area contributed by atoms with Crippen molar-refractivity contribution in [1.29, 1.82) is 0 Å². The second-order valence-corrected chi connectivity index (χ2v) is 4.06. The summed E-state index contributed by atoms with van der Waals surface area (Å²) in [6.07, 6.45) is 4.18. The minimum atomic E-state index is 0. The van der Waals surface area contributed by atoms with Crippen molar-refractivity contribution < 1.29 is 14.2 Å². The highest BCUT2D eigenvalue weighted by Crippen LogP contribution is 2.38. The lowest BCUT2D eigenvalue weighted by Gasteiger charge is -2.12. The molecule has 0 aliphatic carbocycles. The molecule has 3 nitrogen and oxygen atoms in total. The lowest BCUT2D eigenvalue weighted by atomic mass is 10.1. The van der Waals surface area contributed by atoms with Crippen LogP contribution in [0.2, 0.25) is 0 Å². The zero-order valence-electron chi connectivity index (χ0n) is 11.1. The molecule has 0 atom stereocenters. The summed E-state index contributed by atoms with van der Waals surface area (Å²) >= 11 is 0. The summed E-state index contributed by atoms with van der Waals surface area (Å²) in [6.45, 7) is 4.27. The molecule has 0 heterocycles. The van der Waals surface area contributed by atoms with Crippen LogP contribution < -0.4 is 14.2 Å². The van der Waals surface area contributed by atoms with Crippen molar-refractivity contribution in [2.75, 3.05) is 21.3 Å². The van der Waals surface area contributed by atoms with Gasteiger partial charge in [-0.25, -0.2) is 0 Å². The van der Waals surface area contributed by atoms with Gasteiger partial charge < -0.3 is 14.2 Å². The van der Waals surface area contributed by atoms with Gasteiger partial charge >= 0.3 is 0 Å². The largest absolute Gasteiger partial charge is 0.493 e. The van der Waals surface area contributed by atoms with Crippen molar-refractivity contribution >= 4 is 6.08 Å². The summed E-state index contributed by atoms with van der Waals surface area (Å²) in [6, 6.07) is 3.86. The number of rotatable bonds is 5. The SMILES string of the molecule is C.COc1cc(/C=C/C(C)C)cc(OC)c1OC. The zero-order chi connectivity index (χ0) is 12.8. The van der Waals surface area contributed by atoms with Gasteiger partial charge in [-0.3, -0.25) is 0 Å². The third kappa shape index (κ3) is 3.99. The van der Waals surface area contributed by atoms with Gasteiger partial charge in [-0.2, -0.15) is 0 Å². The van der Waals surface area contributed by atoms with Gasteiger partial charge in [-0.15, -0.1) is 0 Å². The maximum Gasteiger partial charge on any atom is 0.203 e. The molecule has 1 rings (SSSR count). The predicted molar refractivity (Wildman–Crippen MR) is 76.7 cm³/mol. The molecule has 18 heavy (non-hydrogen) atoms. The van der Waals surface area contributed by atoms with E-state index in [2.05, 4.69) is 26.0 Å². The Morgan fingerprint density at radius 2 is 1.44 bits per heavy atom. The molecule has 102 valence electrons. The average Bonchev–Trinajstić information content (AvgIpc) is 2.34. The summed E-state index contributed by atoms with van der Waals surface area (Å²) in [4.78, 5) is 0. The first kappa shape index (κ1) is 16.4. The Hall–Kier alpha value is -1.64. The number of hydrogen-bond acceptors (Lipinski definition) is 3. The van der Waals surface area contributed by atoms with Gasteiger partial charge in [-0.1, -0.05) is 33.4 Å². The van der Waals surface area contributed by atoms with Crippen LogP contribution in [0.15, 0.2) is 18.2 Å². The van der Waals surface area contributed by atoms with Gasteiger partial charge in [0.1, 0.15) is 0 Å². The number of methoxy groups -OCH3 is 3. The van der Waals surface area contributed by atoms with Crippen molar-refractivity contribution in [3.05, 3.63) is 23.8 Å². The standard InChI is InChI=1S/C14H20O3.CH4/c1-10(2)6-7-11-8-12(15-3)14(17-5)13(9-11)16-4;/h6-10H,1-5H3;1H4/b7-6+;. The smallest absolute Gasteiger partial charge is 0.203 e. The van der Waals surface area contributed by atoms with Gasteiger partial charge in [0.15, 0.2) is 11.5 Å². The third-order valence-corrected chi connectivity index (χ3v) is 2.36. The quantitative estimate of drug-likeness (QED) is 0.792. The van der Waals surface area contributed by atoms with Crippen LogP contribution in [0.4, 0.5) is 0 Å². The summed E-state index contributed by atoms with van der Waals surface area (Å²) < 4.78 is 15.8. The number of ether oxygens (including phenoxy) is 3. The molecular formula is C15H24O3. The van der Waals surface area contributed by atoms with Gasteiger partial charge in [0.05, 0.1) is 21.3 Å². The third-order valence-electron chi connectivity index (χ3n) is 2.36. The lowest BCUT2D eigenvalue weighted by molar-refractivity contribution is 0.324. The van der Waals surface area contributed by atoms with Crippen LogP contribution in [0.5, 0.6) is 17.2 Å². The minimum Gasteiger partial charge on any atom is -0.493 e. The van der Waals surface area contributed by atoms with Crippen LogP contribution in [0.1, 0.15) is 26.8 Å². The van der Waals surface area contributed by atoms with Gasteiger partial charge in [0.2, 0.25) is 5.75 Å². The lowest BCUT2D eigenvalue weighted by Crippen LogP contribution is -1.95. The fraction of sp³-hybridized carbons (Fsp3) is 0.467. The Kier molecular flexibility index (Phi) is 6.94. The number of hydrogen-bond donors (Lipinski definition) is 0. The highest BCUT2D eigenvalue weighted by atomic mass is 16.5. The molecule has 0 radical (unpaired) electrons. The molecular weight excluding hydrogens is 228 g/mol. The zero-order valence-corrected chi connectivity index (χ0v) is 11.1. The molecule has 0 aromatic heterocycles. The molecule has 0 aliphatic rings. The highest BCUT2D eigenvalue weighted by molar-refractivity contribution is 5.62. The minimum absolute atomic E-state index is 0. The first-order valence-electron chi connectivity index (χ1n) is 5.60. The maximum atomic E-state index is 5.29.